The summed E-state index contributed by atoms with van der Waals surface area (Å²) in [6, 6.07) is 9.71. The second-order valence-corrected chi connectivity index (χ2v) is 8.67. The predicted octanol–water partition coefficient (Wildman–Crippen LogP) is 2.85. The van der Waals surface area contributed by atoms with E-state index in [1.165, 1.54) is 0 Å². The maximum atomic E-state index is 12.8. The molecule has 0 saturated carbocycles. The van der Waals surface area contributed by atoms with Crippen molar-refractivity contribution in [2.24, 2.45) is 7.05 Å². The average molecular weight is 488 g/mol. The largest absolute Gasteiger partial charge is 0.395 e. The topological polar surface area (TPSA) is 117 Å². The number of fused-ring (bicyclic) bond motifs is 2. The summed E-state index contributed by atoms with van der Waals surface area (Å²) in [6.07, 6.45) is 6.14. The summed E-state index contributed by atoms with van der Waals surface area (Å²) >= 11 is 0. The van der Waals surface area contributed by atoms with Gasteiger partial charge in [-0.15, -0.1) is 0 Å². The monoisotopic (exact) mass is 487 g/mol. The zero-order valence-corrected chi connectivity index (χ0v) is 20.4. The number of pyridine rings is 1. The first-order chi connectivity index (χ1) is 17.6. The number of methoxy groups -OCH3 is 1. The number of amides is 1. The highest BCUT2D eigenvalue weighted by molar-refractivity contribution is 6.07. The Morgan fingerprint density at radius 3 is 2.83 bits per heavy atom. The number of aliphatic hydroxyl groups excluding tert-OH is 1. The van der Waals surface area contributed by atoms with Crippen LogP contribution in [0.5, 0.6) is 0 Å². The van der Waals surface area contributed by atoms with Crippen molar-refractivity contribution in [2.45, 2.75) is 13.0 Å². The summed E-state index contributed by atoms with van der Waals surface area (Å²) in [5, 5.41) is 16.6. The summed E-state index contributed by atoms with van der Waals surface area (Å²) in [7, 11) is 3.63. The van der Waals surface area contributed by atoms with Crippen LogP contribution in [-0.2, 0) is 18.3 Å². The standard InChI is InChI=1S/C26H29N7O3/c1-32-10-8-19-24(29-16-30-25(19)32)18-5-6-21(23-20(18)15-28-26(23)35)31-22-7-4-17(14-27-22)33(11-12-34)9-3-13-36-2/h4-8,10,14,16,34H,3,9,11-13,15H2,1-2H3,(H,27,31)(H,28,35). The fraction of sp³-hybridized carbons (Fsp3) is 0.308. The Morgan fingerprint density at radius 2 is 2.06 bits per heavy atom. The number of ether oxygens (including phenoxy) is 1. The molecule has 3 N–H and O–H groups in total. The van der Waals surface area contributed by atoms with Gasteiger partial charge in [-0.3, -0.25) is 4.79 Å². The molecule has 4 heterocycles. The van der Waals surface area contributed by atoms with Crippen molar-refractivity contribution in [3.63, 3.8) is 0 Å². The van der Waals surface area contributed by atoms with Crippen molar-refractivity contribution < 1.29 is 14.6 Å². The molecule has 0 bridgehead atoms. The van der Waals surface area contributed by atoms with Crippen molar-refractivity contribution in [1.29, 1.82) is 0 Å². The number of aryl methyl sites for hydroxylation is 1. The lowest BCUT2D eigenvalue weighted by Gasteiger charge is -2.23. The molecule has 0 saturated heterocycles. The molecule has 0 spiro atoms. The number of carbonyl (C=O) groups excluding carboxylic acids is 1. The predicted molar refractivity (Wildman–Crippen MR) is 138 cm³/mol. The van der Waals surface area contributed by atoms with E-state index >= 15 is 0 Å². The third-order valence-electron chi connectivity index (χ3n) is 6.40. The number of aromatic nitrogens is 4. The van der Waals surface area contributed by atoms with Gasteiger partial charge in [-0.2, -0.15) is 0 Å². The molecule has 10 nitrogen and oxygen atoms in total. The van der Waals surface area contributed by atoms with Crippen LogP contribution in [0.25, 0.3) is 22.3 Å². The van der Waals surface area contributed by atoms with Crippen molar-refractivity contribution >= 4 is 34.1 Å². The normalized spacial score (nSPS) is 12.6. The molecule has 1 aliphatic heterocycles. The van der Waals surface area contributed by atoms with E-state index in [1.807, 2.05) is 48.1 Å². The van der Waals surface area contributed by atoms with Crippen LogP contribution >= 0.6 is 0 Å². The van der Waals surface area contributed by atoms with E-state index in [0.29, 0.717) is 36.8 Å². The summed E-state index contributed by atoms with van der Waals surface area (Å²) in [4.78, 5) is 28.4. The van der Waals surface area contributed by atoms with Crippen molar-refractivity contribution in [3.05, 3.63) is 60.2 Å². The van der Waals surface area contributed by atoms with E-state index in [4.69, 9.17) is 4.74 Å². The first-order valence-corrected chi connectivity index (χ1v) is 11.9. The van der Waals surface area contributed by atoms with Gasteiger partial charge in [0.05, 0.1) is 35.4 Å². The SMILES string of the molecule is COCCCN(CCO)c1ccc(Nc2ccc(-c3ncnc4c3ccn4C)c3c2C(=O)NC3)nc1. The lowest BCUT2D eigenvalue weighted by atomic mass is 9.97. The van der Waals surface area contributed by atoms with Gasteiger partial charge in [0.15, 0.2) is 0 Å². The molecule has 1 amide bonds. The second-order valence-electron chi connectivity index (χ2n) is 8.67. The van der Waals surface area contributed by atoms with E-state index < -0.39 is 0 Å². The molecule has 3 aromatic heterocycles. The highest BCUT2D eigenvalue weighted by Crippen LogP contribution is 2.36. The fourth-order valence-corrected chi connectivity index (χ4v) is 4.64. The molecule has 4 aromatic rings. The second kappa shape index (κ2) is 10.3. The van der Waals surface area contributed by atoms with Crippen molar-refractivity contribution in [1.82, 2.24) is 24.8 Å². The average Bonchev–Trinajstić information content (AvgIpc) is 3.48. The van der Waals surface area contributed by atoms with Crippen LogP contribution in [0, 0.1) is 0 Å². The van der Waals surface area contributed by atoms with E-state index in [-0.39, 0.29) is 12.5 Å². The van der Waals surface area contributed by atoms with Crippen LogP contribution in [0.2, 0.25) is 0 Å². The summed E-state index contributed by atoms with van der Waals surface area (Å²) in [6.45, 7) is 2.42. The van der Waals surface area contributed by atoms with Gasteiger partial charge in [0.1, 0.15) is 17.8 Å². The smallest absolute Gasteiger partial charge is 0.254 e. The minimum Gasteiger partial charge on any atom is -0.395 e. The number of aliphatic hydroxyl groups is 1. The van der Waals surface area contributed by atoms with E-state index in [1.54, 1.807) is 19.6 Å². The quantitative estimate of drug-likeness (QED) is 0.292. The summed E-state index contributed by atoms with van der Waals surface area (Å²) in [5.41, 5.74) is 5.66. The van der Waals surface area contributed by atoms with Gasteiger partial charge in [0.25, 0.3) is 5.91 Å². The summed E-state index contributed by atoms with van der Waals surface area (Å²) < 4.78 is 7.09. The van der Waals surface area contributed by atoms with E-state index in [2.05, 4.69) is 30.5 Å². The molecule has 0 unspecified atom stereocenters. The Bertz CT molecular complexity index is 1380. The van der Waals surface area contributed by atoms with Gasteiger partial charge in [-0.25, -0.2) is 15.0 Å². The lowest BCUT2D eigenvalue weighted by molar-refractivity contribution is 0.0966. The zero-order chi connectivity index (χ0) is 25.1. The summed E-state index contributed by atoms with van der Waals surface area (Å²) in [5.74, 6) is 0.498. The number of nitrogens with one attached hydrogen (secondary N) is 2. The fourth-order valence-electron chi connectivity index (χ4n) is 4.64. The van der Waals surface area contributed by atoms with Gasteiger partial charge in [0, 0.05) is 57.5 Å². The molecule has 10 heteroatoms. The van der Waals surface area contributed by atoms with Crippen LogP contribution < -0.4 is 15.5 Å². The van der Waals surface area contributed by atoms with Crippen LogP contribution in [0.3, 0.4) is 0 Å². The van der Waals surface area contributed by atoms with Gasteiger partial charge >= 0.3 is 0 Å². The number of hydrogen-bond donors (Lipinski definition) is 3. The molecule has 1 aromatic carbocycles. The molecule has 5 rings (SSSR count). The van der Waals surface area contributed by atoms with E-state index in [9.17, 15) is 9.90 Å². The maximum Gasteiger partial charge on any atom is 0.254 e. The molecule has 0 radical (unpaired) electrons. The third-order valence-corrected chi connectivity index (χ3v) is 6.40. The van der Waals surface area contributed by atoms with Crippen LogP contribution in [0.1, 0.15) is 22.3 Å². The molecule has 0 aliphatic carbocycles. The number of nitrogens with zero attached hydrogens (tertiary/aromatic N) is 5. The molecule has 0 fully saturated rings. The Morgan fingerprint density at radius 1 is 1.17 bits per heavy atom. The molecule has 36 heavy (non-hydrogen) atoms. The number of rotatable bonds is 10. The highest BCUT2D eigenvalue weighted by atomic mass is 16.5. The number of hydrogen-bond acceptors (Lipinski definition) is 8. The number of carbonyl (C=O) groups is 1. The molecule has 186 valence electrons. The van der Waals surface area contributed by atoms with Crippen molar-refractivity contribution in [2.75, 3.05) is 43.6 Å². The van der Waals surface area contributed by atoms with Gasteiger partial charge in [-0.05, 0) is 36.2 Å². The minimum atomic E-state index is -0.128. The van der Waals surface area contributed by atoms with Gasteiger partial charge in [-0.1, -0.05) is 6.07 Å². The van der Waals surface area contributed by atoms with Crippen LogP contribution in [0.15, 0.2) is 49.1 Å². The third kappa shape index (κ3) is 4.48. The zero-order valence-electron chi connectivity index (χ0n) is 20.4. The Hall–Kier alpha value is -4.02. The highest BCUT2D eigenvalue weighted by Gasteiger charge is 2.27. The van der Waals surface area contributed by atoms with Gasteiger partial charge in [0.2, 0.25) is 0 Å². The maximum absolute atomic E-state index is 12.8. The Kier molecular flexibility index (Phi) is 6.79. The van der Waals surface area contributed by atoms with Crippen molar-refractivity contribution in [3.8, 4) is 11.3 Å². The number of anilines is 3. The minimum absolute atomic E-state index is 0.0577. The van der Waals surface area contributed by atoms with Crippen LogP contribution in [-0.4, -0.2) is 63.9 Å². The van der Waals surface area contributed by atoms with Crippen LogP contribution in [0.4, 0.5) is 17.2 Å². The van der Waals surface area contributed by atoms with E-state index in [0.717, 1.165) is 46.5 Å². The molecular formula is C26H29N7O3. The molecule has 0 atom stereocenters. The number of benzene rings is 1. The Labute approximate surface area is 209 Å². The lowest BCUT2D eigenvalue weighted by Crippen LogP contribution is -2.28. The molecule has 1 aliphatic rings. The molecular weight excluding hydrogens is 458 g/mol. The van der Waals surface area contributed by atoms with Gasteiger partial charge < -0.3 is 29.9 Å². The first kappa shape index (κ1) is 23.7. The first-order valence-electron chi connectivity index (χ1n) is 11.9. The Balaban J connectivity index is 1.43.